The Labute approximate surface area is 184 Å². The zero-order valence-corrected chi connectivity index (χ0v) is 18.6. The first-order valence-corrected chi connectivity index (χ1v) is 10.5. The van der Waals surface area contributed by atoms with Crippen LogP contribution in [0.25, 0.3) is 11.1 Å². The summed E-state index contributed by atoms with van der Waals surface area (Å²) in [4.78, 5) is 14.1. The minimum Gasteiger partial charge on any atom is -0.493 e. The first-order valence-electron chi connectivity index (χ1n) is 10.5. The zero-order valence-electron chi connectivity index (χ0n) is 18.6. The van der Waals surface area contributed by atoms with E-state index >= 15 is 0 Å². The lowest BCUT2D eigenvalue weighted by atomic mass is 10.0. The molecule has 5 heteroatoms. The van der Waals surface area contributed by atoms with Crippen molar-refractivity contribution in [3.63, 3.8) is 0 Å². The van der Waals surface area contributed by atoms with E-state index in [-0.39, 0.29) is 11.9 Å². The lowest BCUT2D eigenvalue weighted by Crippen LogP contribution is -3.14. The van der Waals surface area contributed by atoms with E-state index in [1.165, 1.54) is 0 Å². The summed E-state index contributed by atoms with van der Waals surface area (Å²) in [6, 6.07) is 23.8. The molecule has 0 aliphatic rings. The lowest BCUT2D eigenvalue weighted by molar-refractivity contribution is -0.893. The predicted molar refractivity (Wildman–Crippen MR) is 125 cm³/mol. The molecule has 0 spiro atoms. The van der Waals surface area contributed by atoms with Gasteiger partial charge in [-0.05, 0) is 36.2 Å². The normalized spacial score (nSPS) is 12.6. The number of carbonyl (C=O) groups excluding carboxylic acids is 1. The molecule has 5 nitrogen and oxygen atoms in total. The minimum atomic E-state index is -0.191. The van der Waals surface area contributed by atoms with Crippen molar-refractivity contribution in [2.45, 2.75) is 19.4 Å². The number of hydrogen-bond acceptors (Lipinski definition) is 3. The fourth-order valence-electron chi connectivity index (χ4n) is 3.52. The van der Waals surface area contributed by atoms with Crippen LogP contribution in [0.2, 0.25) is 0 Å². The van der Waals surface area contributed by atoms with E-state index in [1.807, 2.05) is 74.6 Å². The highest BCUT2D eigenvalue weighted by atomic mass is 16.5. The van der Waals surface area contributed by atoms with Gasteiger partial charge in [0.25, 0.3) is 5.91 Å². The van der Waals surface area contributed by atoms with Crippen molar-refractivity contribution in [3.05, 3.63) is 78.4 Å². The third-order valence-electron chi connectivity index (χ3n) is 5.66. The first-order chi connectivity index (χ1) is 15.0. The summed E-state index contributed by atoms with van der Waals surface area (Å²) < 4.78 is 10.7. The van der Waals surface area contributed by atoms with Gasteiger partial charge in [-0.15, -0.1) is 0 Å². The lowest BCUT2D eigenvalue weighted by Gasteiger charge is -2.22. The van der Waals surface area contributed by atoms with Gasteiger partial charge in [0, 0.05) is 17.7 Å². The summed E-state index contributed by atoms with van der Waals surface area (Å²) in [7, 11) is 5.32. The molecule has 0 fully saturated rings. The van der Waals surface area contributed by atoms with Gasteiger partial charge in [-0.2, -0.15) is 0 Å². The number of ether oxygens (including phenoxy) is 2. The number of carbonyl (C=O) groups is 1. The van der Waals surface area contributed by atoms with Crippen LogP contribution in [0, 0.1) is 0 Å². The minimum absolute atomic E-state index is 0.00759. The van der Waals surface area contributed by atoms with Crippen LogP contribution in [0.5, 0.6) is 11.5 Å². The van der Waals surface area contributed by atoms with Gasteiger partial charge in [0.15, 0.2) is 17.5 Å². The second kappa shape index (κ2) is 10.6. The fourth-order valence-corrected chi connectivity index (χ4v) is 3.52. The number of rotatable bonds is 9. The van der Waals surface area contributed by atoms with Crippen LogP contribution in [0.4, 0.5) is 5.69 Å². The number of amides is 1. The molecule has 3 aromatic rings. The van der Waals surface area contributed by atoms with E-state index in [9.17, 15) is 4.79 Å². The van der Waals surface area contributed by atoms with E-state index in [4.69, 9.17) is 9.47 Å². The Morgan fingerprint density at radius 1 is 0.935 bits per heavy atom. The number of benzene rings is 3. The summed E-state index contributed by atoms with van der Waals surface area (Å²) in [6.45, 7) is 2.79. The van der Waals surface area contributed by atoms with Crippen LogP contribution in [-0.4, -0.2) is 39.8 Å². The standard InChI is InChI=1S/C26H30N2O3/c1-19(28(2)17-16-20-14-15-24(30-3)25(18-20)31-4)26(29)27-23-13-9-8-12-22(23)21-10-6-5-7-11-21/h5-15,18-19H,16-17H2,1-4H3,(H,27,29)/p+1/t19-/m1/s1. The molecule has 0 radical (unpaired) electrons. The Morgan fingerprint density at radius 3 is 2.32 bits per heavy atom. The highest BCUT2D eigenvalue weighted by Crippen LogP contribution is 2.28. The molecule has 0 heterocycles. The fraction of sp³-hybridized carbons (Fsp3) is 0.269. The Hall–Kier alpha value is -3.31. The molecule has 2 N–H and O–H groups in total. The molecule has 0 saturated heterocycles. The van der Waals surface area contributed by atoms with Crippen molar-refractivity contribution >= 4 is 11.6 Å². The summed E-state index contributed by atoms with van der Waals surface area (Å²) in [5.41, 5.74) is 4.09. The van der Waals surface area contributed by atoms with Crippen LogP contribution in [0.3, 0.4) is 0 Å². The van der Waals surface area contributed by atoms with Gasteiger partial charge in [0.2, 0.25) is 0 Å². The van der Waals surface area contributed by atoms with Gasteiger partial charge < -0.3 is 19.7 Å². The van der Waals surface area contributed by atoms with Crippen molar-refractivity contribution in [2.24, 2.45) is 0 Å². The van der Waals surface area contributed by atoms with Crippen LogP contribution in [0.15, 0.2) is 72.8 Å². The van der Waals surface area contributed by atoms with Crippen molar-refractivity contribution in [3.8, 4) is 22.6 Å². The van der Waals surface area contributed by atoms with Gasteiger partial charge in [-0.25, -0.2) is 0 Å². The van der Waals surface area contributed by atoms with E-state index in [2.05, 4.69) is 17.4 Å². The topological polar surface area (TPSA) is 52.0 Å². The van der Waals surface area contributed by atoms with E-state index < -0.39 is 0 Å². The maximum absolute atomic E-state index is 13.0. The number of para-hydroxylation sites is 1. The molecule has 1 amide bonds. The molecule has 162 valence electrons. The molecule has 0 aromatic heterocycles. The van der Waals surface area contributed by atoms with E-state index in [0.29, 0.717) is 0 Å². The largest absolute Gasteiger partial charge is 0.493 e. The molecule has 0 saturated carbocycles. The monoisotopic (exact) mass is 419 g/mol. The summed E-state index contributed by atoms with van der Waals surface area (Å²) in [6.07, 6.45) is 0.838. The third kappa shape index (κ3) is 5.64. The molecule has 0 bridgehead atoms. The third-order valence-corrected chi connectivity index (χ3v) is 5.66. The van der Waals surface area contributed by atoms with Crippen molar-refractivity contribution in [2.75, 3.05) is 33.1 Å². The van der Waals surface area contributed by atoms with Crippen LogP contribution in [0.1, 0.15) is 12.5 Å². The number of quaternary nitrogens is 1. The zero-order chi connectivity index (χ0) is 22.2. The molecule has 3 aromatic carbocycles. The average molecular weight is 420 g/mol. The number of likely N-dealkylation sites (N-methyl/N-ethyl adjacent to an activating group) is 1. The van der Waals surface area contributed by atoms with Crippen LogP contribution < -0.4 is 19.7 Å². The van der Waals surface area contributed by atoms with Gasteiger partial charge in [-0.1, -0.05) is 54.6 Å². The van der Waals surface area contributed by atoms with Crippen molar-refractivity contribution < 1.29 is 19.2 Å². The number of nitrogens with one attached hydrogen (secondary N) is 2. The summed E-state index contributed by atoms with van der Waals surface area (Å²) >= 11 is 0. The molecule has 31 heavy (non-hydrogen) atoms. The number of anilines is 1. The first kappa shape index (κ1) is 22.4. The molecular formula is C26H31N2O3+. The molecule has 0 aliphatic carbocycles. The smallest absolute Gasteiger partial charge is 0.282 e. The molecule has 2 atom stereocenters. The Kier molecular flexibility index (Phi) is 7.68. The molecule has 3 rings (SSSR count). The number of hydrogen-bond donors (Lipinski definition) is 2. The Bertz CT molecular complexity index is 1000. The van der Waals surface area contributed by atoms with E-state index in [1.54, 1.807) is 14.2 Å². The quantitative estimate of drug-likeness (QED) is 0.559. The molecule has 1 unspecified atom stereocenters. The highest BCUT2D eigenvalue weighted by molar-refractivity contribution is 5.97. The second-order valence-electron chi connectivity index (χ2n) is 7.66. The Balaban J connectivity index is 1.63. The maximum Gasteiger partial charge on any atom is 0.282 e. The predicted octanol–water partition coefficient (Wildman–Crippen LogP) is 3.46. The van der Waals surface area contributed by atoms with Gasteiger partial charge in [0.1, 0.15) is 0 Å². The van der Waals surface area contributed by atoms with E-state index in [0.717, 1.165) is 51.7 Å². The molecular weight excluding hydrogens is 388 g/mol. The van der Waals surface area contributed by atoms with Crippen molar-refractivity contribution in [1.82, 2.24) is 0 Å². The SMILES string of the molecule is COc1ccc(CC[NH+](C)[C@H](C)C(=O)Nc2ccccc2-c2ccccc2)cc1OC. The second-order valence-corrected chi connectivity index (χ2v) is 7.66. The van der Waals surface area contributed by atoms with Crippen molar-refractivity contribution in [1.29, 1.82) is 0 Å². The van der Waals surface area contributed by atoms with Gasteiger partial charge >= 0.3 is 0 Å². The van der Waals surface area contributed by atoms with Gasteiger partial charge in [-0.3, -0.25) is 4.79 Å². The summed E-state index contributed by atoms with van der Waals surface area (Å²) in [5, 5.41) is 3.12. The highest BCUT2D eigenvalue weighted by Gasteiger charge is 2.22. The number of methoxy groups -OCH3 is 2. The van der Waals surface area contributed by atoms with Crippen LogP contribution >= 0.6 is 0 Å². The van der Waals surface area contributed by atoms with Crippen LogP contribution in [-0.2, 0) is 11.2 Å². The average Bonchev–Trinajstić information content (AvgIpc) is 2.82. The maximum atomic E-state index is 13.0. The molecule has 0 aliphatic heterocycles. The van der Waals surface area contributed by atoms with Gasteiger partial charge in [0.05, 0.1) is 27.8 Å². The summed E-state index contributed by atoms with van der Waals surface area (Å²) in [5.74, 6) is 1.45. The Morgan fingerprint density at radius 2 is 1.61 bits per heavy atom.